The van der Waals surface area contributed by atoms with Crippen LogP contribution >= 0.6 is 0 Å². The number of benzene rings is 1. The molecule has 0 atom stereocenters. The second-order valence-corrected chi connectivity index (χ2v) is 6.92. The number of hydrogen-bond acceptors (Lipinski definition) is 3. The van der Waals surface area contributed by atoms with Crippen molar-refractivity contribution in [1.82, 2.24) is 14.8 Å². The predicted molar refractivity (Wildman–Crippen MR) is 93.5 cm³/mol. The van der Waals surface area contributed by atoms with E-state index in [1.807, 2.05) is 32.4 Å². The Balaban J connectivity index is 2.19. The molecule has 1 N–H and O–H groups in total. The first kappa shape index (κ1) is 15.5. The largest absolute Gasteiger partial charge is 0.308 e. The second-order valence-electron chi connectivity index (χ2n) is 6.92. The molecular formula is C18H22N4O. The molecule has 0 fully saturated rings. The lowest BCUT2D eigenvalue weighted by Crippen LogP contribution is -2.27. The highest BCUT2D eigenvalue weighted by atomic mass is 16.2. The standard InChI is InChI=1S/C18H22N4O/c1-6-22-16-13(15(21-22)20-17(23)18(3,4)5)10-12-8-7-11(2)9-14(12)19-16/h7-10H,6H2,1-5H3,(H,20,21,23). The third-order valence-electron chi connectivity index (χ3n) is 3.89. The van der Waals surface area contributed by atoms with Crippen molar-refractivity contribution in [2.24, 2.45) is 5.41 Å². The zero-order valence-electron chi connectivity index (χ0n) is 14.3. The van der Waals surface area contributed by atoms with Crippen molar-refractivity contribution in [2.75, 3.05) is 5.32 Å². The number of hydrogen-bond donors (Lipinski definition) is 1. The zero-order valence-corrected chi connectivity index (χ0v) is 14.3. The molecule has 23 heavy (non-hydrogen) atoms. The molecule has 0 saturated carbocycles. The molecule has 5 nitrogen and oxygen atoms in total. The maximum absolute atomic E-state index is 12.3. The molecule has 0 aliphatic heterocycles. The van der Waals surface area contributed by atoms with Gasteiger partial charge in [0.05, 0.1) is 10.9 Å². The van der Waals surface area contributed by atoms with Gasteiger partial charge in [-0.25, -0.2) is 9.67 Å². The van der Waals surface area contributed by atoms with Crippen LogP contribution in [0.2, 0.25) is 0 Å². The Bertz CT molecular complexity index is 903. The molecule has 0 radical (unpaired) electrons. The van der Waals surface area contributed by atoms with E-state index in [2.05, 4.69) is 41.6 Å². The van der Waals surface area contributed by atoms with E-state index in [0.29, 0.717) is 12.4 Å². The molecule has 0 bridgehead atoms. The van der Waals surface area contributed by atoms with Crippen LogP contribution in [0.5, 0.6) is 0 Å². The number of nitrogens with one attached hydrogen (secondary N) is 1. The molecule has 0 spiro atoms. The van der Waals surface area contributed by atoms with Gasteiger partial charge in [0.2, 0.25) is 5.91 Å². The Morgan fingerprint density at radius 2 is 2.00 bits per heavy atom. The second kappa shape index (κ2) is 5.33. The Morgan fingerprint density at radius 1 is 1.26 bits per heavy atom. The van der Waals surface area contributed by atoms with E-state index < -0.39 is 5.41 Å². The number of aryl methyl sites for hydroxylation is 2. The van der Waals surface area contributed by atoms with Gasteiger partial charge in [0.15, 0.2) is 11.5 Å². The van der Waals surface area contributed by atoms with Crippen LogP contribution < -0.4 is 5.32 Å². The van der Waals surface area contributed by atoms with E-state index in [0.717, 1.165) is 21.9 Å². The SMILES string of the molecule is CCn1nc(NC(=O)C(C)(C)C)c2cc3ccc(C)cc3nc21. The number of aromatic nitrogens is 3. The zero-order chi connectivity index (χ0) is 16.8. The number of carbonyl (C=O) groups is 1. The van der Waals surface area contributed by atoms with E-state index >= 15 is 0 Å². The summed E-state index contributed by atoms with van der Waals surface area (Å²) >= 11 is 0. The van der Waals surface area contributed by atoms with Gasteiger partial charge in [-0.1, -0.05) is 32.9 Å². The number of fused-ring (bicyclic) bond motifs is 2. The number of carbonyl (C=O) groups excluding carboxylic acids is 1. The number of rotatable bonds is 2. The topological polar surface area (TPSA) is 59.8 Å². The summed E-state index contributed by atoms with van der Waals surface area (Å²) in [6, 6.07) is 8.23. The van der Waals surface area contributed by atoms with Gasteiger partial charge in [-0.15, -0.1) is 0 Å². The molecule has 2 heterocycles. The summed E-state index contributed by atoms with van der Waals surface area (Å²) < 4.78 is 1.83. The Morgan fingerprint density at radius 3 is 2.65 bits per heavy atom. The number of nitrogens with zero attached hydrogens (tertiary/aromatic N) is 3. The first-order valence-corrected chi connectivity index (χ1v) is 7.89. The van der Waals surface area contributed by atoms with Crippen molar-refractivity contribution in [3.8, 4) is 0 Å². The molecule has 0 aliphatic carbocycles. The van der Waals surface area contributed by atoms with Gasteiger partial charge in [0, 0.05) is 17.3 Å². The van der Waals surface area contributed by atoms with Crippen molar-refractivity contribution >= 4 is 33.7 Å². The van der Waals surface area contributed by atoms with Crippen LogP contribution in [0.3, 0.4) is 0 Å². The number of anilines is 1. The minimum absolute atomic E-state index is 0.0517. The van der Waals surface area contributed by atoms with Crippen LogP contribution in [-0.4, -0.2) is 20.7 Å². The van der Waals surface area contributed by atoms with Gasteiger partial charge in [-0.3, -0.25) is 4.79 Å². The summed E-state index contributed by atoms with van der Waals surface area (Å²) in [5.74, 6) is 0.529. The Kier molecular flexibility index (Phi) is 3.59. The van der Waals surface area contributed by atoms with Gasteiger partial charge >= 0.3 is 0 Å². The number of pyridine rings is 1. The highest BCUT2D eigenvalue weighted by Crippen LogP contribution is 2.27. The Labute approximate surface area is 135 Å². The third-order valence-corrected chi connectivity index (χ3v) is 3.89. The highest BCUT2D eigenvalue weighted by molar-refractivity contribution is 6.03. The molecule has 3 aromatic rings. The van der Waals surface area contributed by atoms with Gasteiger partial charge in [0.25, 0.3) is 0 Å². The maximum atomic E-state index is 12.3. The summed E-state index contributed by atoms with van der Waals surface area (Å²) in [6.45, 7) is 10.4. The summed E-state index contributed by atoms with van der Waals surface area (Å²) in [5, 5.41) is 9.40. The van der Waals surface area contributed by atoms with E-state index in [9.17, 15) is 4.79 Å². The van der Waals surface area contributed by atoms with E-state index in [1.54, 1.807) is 0 Å². The van der Waals surface area contributed by atoms with Crippen LogP contribution in [-0.2, 0) is 11.3 Å². The molecule has 1 amide bonds. The van der Waals surface area contributed by atoms with Crippen molar-refractivity contribution in [2.45, 2.75) is 41.2 Å². The van der Waals surface area contributed by atoms with Gasteiger partial charge in [-0.2, -0.15) is 5.10 Å². The molecular weight excluding hydrogens is 288 g/mol. The lowest BCUT2D eigenvalue weighted by atomic mass is 9.96. The maximum Gasteiger partial charge on any atom is 0.230 e. The van der Waals surface area contributed by atoms with Crippen molar-refractivity contribution in [3.05, 3.63) is 29.8 Å². The number of amides is 1. The summed E-state index contributed by atoms with van der Waals surface area (Å²) in [4.78, 5) is 17.1. The van der Waals surface area contributed by atoms with Crippen LogP contribution in [0.25, 0.3) is 21.9 Å². The summed E-state index contributed by atoms with van der Waals surface area (Å²) in [5.41, 5.74) is 2.45. The summed E-state index contributed by atoms with van der Waals surface area (Å²) in [6.07, 6.45) is 0. The molecule has 120 valence electrons. The first-order valence-electron chi connectivity index (χ1n) is 7.89. The fraction of sp³-hybridized carbons (Fsp3) is 0.389. The summed E-state index contributed by atoms with van der Waals surface area (Å²) in [7, 11) is 0. The van der Waals surface area contributed by atoms with Crippen molar-refractivity contribution in [3.63, 3.8) is 0 Å². The van der Waals surface area contributed by atoms with Crippen LogP contribution in [0.4, 0.5) is 5.82 Å². The van der Waals surface area contributed by atoms with Crippen molar-refractivity contribution < 1.29 is 4.79 Å². The molecule has 0 aliphatic rings. The fourth-order valence-corrected chi connectivity index (χ4v) is 2.47. The highest BCUT2D eigenvalue weighted by Gasteiger charge is 2.23. The molecule has 5 heteroatoms. The average molecular weight is 310 g/mol. The molecule has 0 unspecified atom stereocenters. The molecule has 0 saturated heterocycles. The van der Waals surface area contributed by atoms with Crippen LogP contribution in [0.1, 0.15) is 33.3 Å². The van der Waals surface area contributed by atoms with Gasteiger partial charge < -0.3 is 5.32 Å². The predicted octanol–water partition coefficient (Wildman–Crippen LogP) is 3.90. The van der Waals surface area contributed by atoms with Crippen molar-refractivity contribution in [1.29, 1.82) is 0 Å². The molecule has 1 aromatic carbocycles. The molecule has 3 rings (SSSR count). The van der Waals surface area contributed by atoms with Gasteiger partial charge in [-0.05, 0) is 31.5 Å². The smallest absolute Gasteiger partial charge is 0.230 e. The van der Waals surface area contributed by atoms with E-state index in [1.165, 1.54) is 5.56 Å². The lowest BCUT2D eigenvalue weighted by molar-refractivity contribution is -0.123. The van der Waals surface area contributed by atoms with E-state index in [4.69, 9.17) is 4.98 Å². The average Bonchev–Trinajstić information content (AvgIpc) is 2.81. The van der Waals surface area contributed by atoms with Crippen LogP contribution in [0.15, 0.2) is 24.3 Å². The first-order chi connectivity index (χ1) is 10.8. The van der Waals surface area contributed by atoms with Gasteiger partial charge in [0.1, 0.15) is 0 Å². The minimum Gasteiger partial charge on any atom is -0.308 e. The monoisotopic (exact) mass is 310 g/mol. The Hall–Kier alpha value is -2.43. The normalized spacial score (nSPS) is 12.0. The third kappa shape index (κ3) is 2.79. The lowest BCUT2D eigenvalue weighted by Gasteiger charge is -2.16. The molecule has 2 aromatic heterocycles. The van der Waals surface area contributed by atoms with Crippen LogP contribution in [0, 0.1) is 12.3 Å². The quantitative estimate of drug-likeness (QED) is 0.781. The fourth-order valence-electron chi connectivity index (χ4n) is 2.47. The minimum atomic E-state index is -0.469. The van der Waals surface area contributed by atoms with E-state index in [-0.39, 0.29) is 5.91 Å².